The molecule has 3 rings (SSSR count). The fourth-order valence-corrected chi connectivity index (χ4v) is 2.54. The average Bonchev–Trinajstić information content (AvgIpc) is 2.81. The average molecular weight is 306 g/mol. The number of rotatable bonds is 3. The minimum absolute atomic E-state index is 0.101. The van der Waals surface area contributed by atoms with Gasteiger partial charge < -0.3 is 9.72 Å². The highest BCUT2D eigenvalue weighted by Gasteiger charge is 2.14. The van der Waals surface area contributed by atoms with E-state index < -0.39 is 11.6 Å². The van der Waals surface area contributed by atoms with Crippen LogP contribution in [0.5, 0.6) is 5.75 Å². The van der Waals surface area contributed by atoms with Crippen LogP contribution in [0.3, 0.4) is 0 Å². The molecule has 1 N–H and O–H groups in total. The van der Waals surface area contributed by atoms with Gasteiger partial charge in [-0.3, -0.25) is 4.57 Å². The first-order chi connectivity index (χ1) is 10.1. The monoisotopic (exact) mass is 306 g/mol. The second-order valence-corrected chi connectivity index (χ2v) is 4.84. The van der Waals surface area contributed by atoms with Crippen LogP contribution in [0.15, 0.2) is 36.4 Å². The van der Waals surface area contributed by atoms with Crippen LogP contribution in [0.1, 0.15) is 6.92 Å². The van der Waals surface area contributed by atoms with Crippen molar-refractivity contribution in [3.05, 3.63) is 52.8 Å². The van der Waals surface area contributed by atoms with E-state index in [1.54, 1.807) is 24.3 Å². The van der Waals surface area contributed by atoms with Crippen LogP contribution in [-0.4, -0.2) is 16.2 Å². The third-order valence-corrected chi connectivity index (χ3v) is 3.43. The van der Waals surface area contributed by atoms with E-state index in [1.807, 2.05) is 6.92 Å². The van der Waals surface area contributed by atoms with E-state index in [1.165, 1.54) is 10.6 Å². The number of imidazole rings is 1. The molecule has 2 aromatic carbocycles. The van der Waals surface area contributed by atoms with Crippen LogP contribution in [0.25, 0.3) is 16.7 Å². The Morgan fingerprint density at radius 1 is 1.14 bits per heavy atom. The lowest BCUT2D eigenvalue weighted by Crippen LogP contribution is -1.98. The summed E-state index contributed by atoms with van der Waals surface area (Å²) < 4.78 is 34.7. The number of fused-ring (bicyclic) bond motifs is 1. The Labute approximate surface area is 124 Å². The van der Waals surface area contributed by atoms with Gasteiger partial charge in [-0.15, -0.1) is 0 Å². The van der Waals surface area contributed by atoms with Gasteiger partial charge in [-0.2, -0.15) is 0 Å². The van der Waals surface area contributed by atoms with E-state index in [2.05, 4.69) is 4.98 Å². The van der Waals surface area contributed by atoms with Gasteiger partial charge in [-0.1, -0.05) is 0 Å². The molecule has 0 aliphatic heterocycles. The van der Waals surface area contributed by atoms with Crippen molar-refractivity contribution in [3.63, 3.8) is 0 Å². The third kappa shape index (κ3) is 2.31. The summed E-state index contributed by atoms with van der Waals surface area (Å²) in [5.41, 5.74) is 1.19. The maximum Gasteiger partial charge on any atom is 0.184 e. The first-order valence-electron chi connectivity index (χ1n) is 6.43. The fraction of sp³-hybridized carbons (Fsp3) is 0.133. The fourth-order valence-electron chi connectivity index (χ4n) is 2.24. The molecule has 108 valence electrons. The van der Waals surface area contributed by atoms with Crippen LogP contribution in [0, 0.1) is 16.4 Å². The van der Waals surface area contributed by atoms with Gasteiger partial charge >= 0.3 is 0 Å². The van der Waals surface area contributed by atoms with E-state index in [-0.39, 0.29) is 5.52 Å². The highest BCUT2D eigenvalue weighted by atomic mass is 32.1. The third-order valence-electron chi connectivity index (χ3n) is 3.14. The zero-order chi connectivity index (χ0) is 15.0. The second kappa shape index (κ2) is 5.29. The molecule has 0 bridgehead atoms. The number of hydrogen-bond donors (Lipinski definition) is 1. The van der Waals surface area contributed by atoms with Crippen LogP contribution in [0.2, 0.25) is 0 Å². The van der Waals surface area contributed by atoms with Gasteiger partial charge in [0.2, 0.25) is 0 Å². The zero-order valence-electron chi connectivity index (χ0n) is 11.2. The molecule has 6 heteroatoms. The van der Waals surface area contributed by atoms with E-state index >= 15 is 0 Å². The normalized spacial score (nSPS) is 11.0. The molecule has 0 aliphatic rings. The lowest BCUT2D eigenvalue weighted by Gasteiger charge is -2.07. The molecule has 21 heavy (non-hydrogen) atoms. The van der Waals surface area contributed by atoms with Crippen molar-refractivity contribution in [2.24, 2.45) is 0 Å². The molecule has 1 heterocycles. The highest BCUT2D eigenvalue weighted by Crippen LogP contribution is 2.25. The van der Waals surface area contributed by atoms with Crippen molar-refractivity contribution in [2.75, 3.05) is 6.61 Å². The van der Waals surface area contributed by atoms with E-state index in [9.17, 15) is 8.78 Å². The quantitative estimate of drug-likeness (QED) is 0.728. The van der Waals surface area contributed by atoms with Gasteiger partial charge in [0, 0.05) is 5.69 Å². The number of aromatic nitrogens is 2. The summed E-state index contributed by atoms with van der Waals surface area (Å²) >= 11 is 5.21. The zero-order valence-corrected chi connectivity index (χ0v) is 12.0. The molecule has 0 unspecified atom stereocenters. The Hall–Kier alpha value is -2.21. The van der Waals surface area contributed by atoms with Gasteiger partial charge in [0.15, 0.2) is 16.4 Å². The first kappa shape index (κ1) is 13.8. The van der Waals surface area contributed by atoms with E-state index in [0.717, 1.165) is 6.07 Å². The van der Waals surface area contributed by atoms with Crippen molar-refractivity contribution >= 4 is 23.3 Å². The second-order valence-electron chi connectivity index (χ2n) is 4.45. The topological polar surface area (TPSA) is 29.9 Å². The van der Waals surface area contributed by atoms with Gasteiger partial charge in [-0.05, 0) is 55.5 Å². The maximum atomic E-state index is 14.1. The Bertz CT molecular complexity index is 852. The molecule has 1 aromatic heterocycles. The Balaban J connectivity index is 2.22. The maximum absolute atomic E-state index is 14.1. The molecule has 0 fully saturated rings. The van der Waals surface area contributed by atoms with Crippen molar-refractivity contribution in [1.82, 2.24) is 9.55 Å². The standard InChI is InChI=1S/C15H12F2N2OS/c1-2-20-10-5-3-9(4-6-10)19-14-12(18-15(19)21)8-7-11(16)13(14)17/h3-8H,2H2,1H3,(H,18,21). The van der Waals surface area contributed by atoms with Crippen LogP contribution in [0.4, 0.5) is 8.78 Å². The van der Waals surface area contributed by atoms with Gasteiger partial charge in [0.25, 0.3) is 0 Å². The Kier molecular flexibility index (Phi) is 3.47. The summed E-state index contributed by atoms with van der Waals surface area (Å²) in [5, 5.41) is 0. The number of benzene rings is 2. The molecule has 0 aliphatic carbocycles. The molecular formula is C15H12F2N2OS. The summed E-state index contributed by atoms with van der Waals surface area (Å²) in [7, 11) is 0. The minimum atomic E-state index is -0.922. The highest BCUT2D eigenvalue weighted by molar-refractivity contribution is 7.71. The number of aromatic amines is 1. The van der Waals surface area contributed by atoms with Crippen LogP contribution in [-0.2, 0) is 0 Å². The predicted octanol–water partition coefficient (Wildman–Crippen LogP) is 4.36. The molecule has 3 nitrogen and oxygen atoms in total. The van der Waals surface area contributed by atoms with Gasteiger partial charge in [-0.25, -0.2) is 8.78 Å². The van der Waals surface area contributed by atoms with Crippen LogP contribution < -0.4 is 4.74 Å². The van der Waals surface area contributed by atoms with Gasteiger partial charge in [0.05, 0.1) is 12.1 Å². The number of H-pyrrole nitrogens is 1. The lowest BCUT2D eigenvalue weighted by molar-refractivity contribution is 0.340. The summed E-state index contributed by atoms with van der Waals surface area (Å²) in [4.78, 5) is 2.87. The molecule has 0 saturated carbocycles. The first-order valence-corrected chi connectivity index (χ1v) is 6.84. The smallest absolute Gasteiger partial charge is 0.184 e. The number of ether oxygens (including phenoxy) is 1. The van der Waals surface area contributed by atoms with Crippen molar-refractivity contribution in [2.45, 2.75) is 6.92 Å². The molecule has 0 atom stereocenters. The number of nitrogens with one attached hydrogen (secondary N) is 1. The Morgan fingerprint density at radius 3 is 2.52 bits per heavy atom. The molecule has 0 amide bonds. The molecule has 0 saturated heterocycles. The number of hydrogen-bond acceptors (Lipinski definition) is 2. The molecule has 3 aromatic rings. The number of halogens is 2. The molecule has 0 radical (unpaired) electrons. The SMILES string of the molecule is CCOc1ccc(-n2c(=S)[nH]c3ccc(F)c(F)c32)cc1. The van der Waals surface area contributed by atoms with E-state index in [0.29, 0.717) is 28.3 Å². The number of nitrogens with zero attached hydrogens (tertiary/aromatic N) is 1. The Morgan fingerprint density at radius 2 is 1.86 bits per heavy atom. The van der Waals surface area contributed by atoms with Crippen molar-refractivity contribution in [1.29, 1.82) is 0 Å². The largest absolute Gasteiger partial charge is 0.494 e. The predicted molar refractivity (Wildman–Crippen MR) is 79.5 cm³/mol. The summed E-state index contributed by atoms with van der Waals surface area (Å²) in [6, 6.07) is 9.56. The van der Waals surface area contributed by atoms with E-state index in [4.69, 9.17) is 17.0 Å². The summed E-state index contributed by atoms with van der Waals surface area (Å²) in [6.07, 6.45) is 0. The summed E-state index contributed by atoms with van der Waals surface area (Å²) in [6.45, 7) is 2.45. The van der Waals surface area contributed by atoms with Crippen molar-refractivity contribution in [3.8, 4) is 11.4 Å². The minimum Gasteiger partial charge on any atom is -0.494 e. The van der Waals surface area contributed by atoms with Crippen LogP contribution >= 0.6 is 12.2 Å². The molecular weight excluding hydrogens is 294 g/mol. The summed E-state index contributed by atoms with van der Waals surface area (Å²) in [5.74, 6) is -1.12. The van der Waals surface area contributed by atoms with Gasteiger partial charge in [0.1, 0.15) is 11.3 Å². The molecule has 0 spiro atoms. The lowest BCUT2D eigenvalue weighted by atomic mass is 10.2. The van der Waals surface area contributed by atoms with Crippen molar-refractivity contribution < 1.29 is 13.5 Å².